The largest absolute Gasteiger partial charge is 0.375 e. The molecule has 0 radical (unpaired) electrons. The fraction of sp³-hybridized carbons (Fsp3) is 0.800. The first-order chi connectivity index (χ1) is 3.48. The van der Waals surface area contributed by atoms with E-state index in [1.807, 2.05) is 0 Å². The van der Waals surface area contributed by atoms with Gasteiger partial charge in [0.25, 0.3) is 0 Å². The lowest BCUT2D eigenvalue weighted by atomic mass is 10.1. The number of aliphatic hydroxyl groups is 1. The molecule has 1 unspecified atom stereocenters. The first kappa shape index (κ1) is 7.38. The van der Waals surface area contributed by atoms with E-state index in [1.54, 1.807) is 0 Å². The Balaban J connectivity index is 3.87. The molecule has 46 valence electrons. The molecule has 0 fully saturated rings. The highest BCUT2D eigenvalue weighted by Gasteiger charge is 2.26. The summed E-state index contributed by atoms with van der Waals surface area (Å²) in [6.45, 7) is 2.31. The fourth-order valence-corrected chi connectivity index (χ4v) is 0.153. The first-order valence-corrected chi connectivity index (χ1v) is 2.25. The topological polar surface area (TPSA) is 44.0 Å². The van der Waals surface area contributed by atoms with Crippen LogP contribution in [0.5, 0.6) is 0 Å². The highest BCUT2D eigenvalue weighted by Crippen LogP contribution is 2.12. The van der Waals surface area contributed by atoms with Crippen LogP contribution in [0.1, 0.15) is 13.8 Å². The van der Waals surface area contributed by atoms with Gasteiger partial charge in [0.2, 0.25) is 0 Å². The molecule has 1 atom stereocenters. The van der Waals surface area contributed by atoms with E-state index in [9.17, 15) is 4.39 Å². The normalized spacial score (nSPS) is 14.9. The van der Waals surface area contributed by atoms with E-state index in [0.29, 0.717) is 0 Å². The lowest BCUT2D eigenvalue weighted by Gasteiger charge is -2.13. The van der Waals surface area contributed by atoms with Crippen LogP contribution in [-0.2, 0) is 0 Å². The number of nitrogens with zero attached hydrogens (tertiary/aromatic N) is 1. The van der Waals surface area contributed by atoms with Crippen LogP contribution in [0.3, 0.4) is 0 Å². The van der Waals surface area contributed by atoms with Crippen LogP contribution in [0.4, 0.5) is 4.39 Å². The molecule has 8 heavy (non-hydrogen) atoms. The van der Waals surface area contributed by atoms with Crippen molar-refractivity contribution < 1.29 is 9.50 Å². The molecule has 0 saturated heterocycles. The second-order valence-electron chi connectivity index (χ2n) is 2.10. The van der Waals surface area contributed by atoms with Crippen molar-refractivity contribution in [3.63, 3.8) is 0 Å². The maximum Gasteiger partial charge on any atom is 0.173 e. The highest BCUT2D eigenvalue weighted by atomic mass is 19.1. The molecule has 3 heteroatoms. The smallest absolute Gasteiger partial charge is 0.173 e. The molecule has 0 aromatic heterocycles. The minimum Gasteiger partial charge on any atom is -0.375 e. The molecule has 0 aromatic rings. The Labute approximate surface area is 47.6 Å². The summed E-state index contributed by atoms with van der Waals surface area (Å²) in [7, 11) is 0. The van der Waals surface area contributed by atoms with Crippen LogP contribution in [0.25, 0.3) is 0 Å². The third-order valence-electron chi connectivity index (χ3n) is 0.773. The Morgan fingerprint density at radius 3 is 2.12 bits per heavy atom. The van der Waals surface area contributed by atoms with E-state index in [2.05, 4.69) is 0 Å². The zero-order valence-corrected chi connectivity index (χ0v) is 4.85. The van der Waals surface area contributed by atoms with E-state index in [1.165, 1.54) is 6.07 Å². The van der Waals surface area contributed by atoms with Crippen molar-refractivity contribution in [2.75, 3.05) is 0 Å². The molecule has 0 aromatic carbocycles. The van der Waals surface area contributed by atoms with Crippen molar-refractivity contribution in [3.05, 3.63) is 0 Å². The van der Waals surface area contributed by atoms with Gasteiger partial charge in [-0.25, -0.2) is 4.39 Å². The standard InChI is InChI=1S/C5H8FNO/c1-5(2,6)4(8)3-7/h4,8H,1-2H3. The number of hydrogen-bond acceptors (Lipinski definition) is 2. The van der Waals surface area contributed by atoms with Crippen molar-refractivity contribution >= 4 is 0 Å². The van der Waals surface area contributed by atoms with E-state index in [4.69, 9.17) is 10.4 Å². The quantitative estimate of drug-likeness (QED) is 0.511. The predicted molar refractivity (Wildman–Crippen MR) is 26.8 cm³/mol. The molecule has 0 heterocycles. The van der Waals surface area contributed by atoms with E-state index in [0.717, 1.165) is 13.8 Å². The van der Waals surface area contributed by atoms with Crippen LogP contribution in [0.2, 0.25) is 0 Å². The van der Waals surface area contributed by atoms with Gasteiger partial charge in [0.05, 0.1) is 6.07 Å². The molecule has 0 spiro atoms. The Morgan fingerprint density at radius 1 is 1.75 bits per heavy atom. The summed E-state index contributed by atoms with van der Waals surface area (Å²) in [5.74, 6) is 0. The maximum atomic E-state index is 12.3. The Morgan fingerprint density at radius 2 is 2.12 bits per heavy atom. The summed E-state index contributed by atoms with van der Waals surface area (Å²) < 4.78 is 12.3. The first-order valence-electron chi connectivity index (χ1n) is 2.25. The van der Waals surface area contributed by atoms with Crippen LogP contribution >= 0.6 is 0 Å². The molecule has 0 aliphatic carbocycles. The highest BCUT2D eigenvalue weighted by molar-refractivity contribution is 4.94. The summed E-state index contributed by atoms with van der Waals surface area (Å²) >= 11 is 0. The minimum atomic E-state index is -1.80. The molecule has 0 aliphatic rings. The Kier molecular flexibility index (Phi) is 1.94. The van der Waals surface area contributed by atoms with Crippen LogP contribution in [-0.4, -0.2) is 16.9 Å². The molecule has 1 N–H and O–H groups in total. The van der Waals surface area contributed by atoms with Gasteiger partial charge in [0.15, 0.2) is 6.10 Å². The van der Waals surface area contributed by atoms with Crippen molar-refractivity contribution in [2.24, 2.45) is 0 Å². The van der Waals surface area contributed by atoms with Gasteiger partial charge < -0.3 is 5.11 Å². The summed E-state index contributed by atoms with van der Waals surface area (Å²) in [6, 6.07) is 1.39. The molecule has 0 bridgehead atoms. The zero-order valence-electron chi connectivity index (χ0n) is 4.85. The average Bonchev–Trinajstić information content (AvgIpc) is 1.62. The SMILES string of the molecule is CC(C)(F)C(O)C#N. The van der Waals surface area contributed by atoms with Gasteiger partial charge >= 0.3 is 0 Å². The van der Waals surface area contributed by atoms with Gasteiger partial charge in [-0.05, 0) is 13.8 Å². The van der Waals surface area contributed by atoms with Gasteiger partial charge in [-0.1, -0.05) is 0 Å². The van der Waals surface area contributed by atoms with Gasteiger partial charge in [0, 0.05) is 0 Å². The third-order valence-corrected chi connectivity index (χ3v) is 0.773. The number of halogens is 1. The van der Waals surface area contributed by atoms with Crippen LogP contribution in [0.15, 0.2) is 0 Å². The lowest BCUT2D eigenvalue weighted by Crippen LogP contribution is -2.29. The van der Waals surface area contributed by atoms with Gasteiger partial charge in [-0.15, -0.1) is 0 Å². The number of aliphatic hydroxyl groups excluding tert-OH is 1. The van der Waals surface area contributed by atoms with Gasteiger partial charge in [-0.3, -0.25) is 0 Å². The number of rotatable bonds is 1. The fourth-order valence-electron chi connectivity index (χ4n) is 0.153. The Bertz CT molecular complexity index is 111. The molecular weight excluding hydrogens is 109 g/mol. The summed E-state index contributed by atoms with van der Waals surface area (Å²) in [6.07, 6.45) is -1.51. The number of nitriles is 1. The average molecular weight is 117 g/mol. The predicted octanol–water partition coefficient (Wildman–Crippen LogP) is 0.619. The minimum absolute atomic E-state index is 1.15. The van der Waals surface area contributed by atoms with Crippen molar-refractivity contribution in [1.29, 1.82) is 5.26 Å². The van der Waals surface area contributed by atoms with E-state index < -0.39 is 11.8 Å². The second-order valence-corrected chi connectivity index (χ2v) is 2.10. The van der Waals surface area contributed by atoms with Crippen molar-refractivity contribution in [2.45, 2.75) is 25.6 Å². The maximum absolute atomic E-state index is 12.3. The zero-order chi connectivity index (χ0) is 6.78. The number of hydrogen-bond donors (Lipinski definition) is 1. The molecule has 0 rings (SSSR count). The lowest BCUT2D eigenvalue weighted by molar-refractivity contribution is 0.0559. The van der Waals surface area contributed by atoms with Gasteiger partial charge in [-0.2, -0.15) is 5.26 Å². The van der Waals surface area contributed by atoms with E-state index >= 15 is 0 Å². The molecule has 2 nitrogen and oxygen atoms in total. The van der Waals surface area contributed by atoms with Crippen molar-refractivity contribution in [3.8, 4) is 6.07 Å². The monoisotopic (exact) mass is 117 g/mol. The summed E-state index contributed by atoms with van der Waals surface area (Å²) in [4.78, 5) is 0. The molecule has 0 saturated carbocycles. The second kappa shape index (κ2) is 2.10. The van der Waals surface area contributed by atoms with Crippen LogP contribution in [0, 0.1) is 11.3 Å². The third kappa shape index (κ3) is 1.90. The van der Waals surface area contributed by atoms with Crippen molar-refractivity contribution in [1.82, 2.24) is 0 Å². The van der Waals surface area contributed by atoms with Gasteiger partial charge in [0.1, 0.15) is 5.67 Å². The number of alkyl halides is 1. The summed E-state index contributed by atoms with van der Waals surface area (Å²) in [5.41, 5.74) is -1.80. The van der Waals surface area contributed by atoms with E-state index in [-0.39, 0.29) is 0 Å². The van der Waals surface area contributed by atoms with Crippen LogP contribution < -0.4 is 0 Å². The summed E-state index contributed by atoms with van der Waals surface area (Å²) in [5, 5.41) is 16.4. The molecular formula is C5H8FNO. The molecule has 0 aliphatic heterocycles. The molecule has 0 amide bonds. The Hall–Kier alpha value is -0.620.